The maximum absolute atomic E-state index is 12.3. The highest BCUT2D eigenvalue weighted by atomic mass is 16.2. The van der Waals surface area contributed by atoms with Crippen LogP contribution in [0.3, 0.4) is 0 Å². The molecule has 2 aromatic rings. The lowest BCUT2D eigenvalue weighted by Gasteiger charge is -2.27. The first-order valence-corrected chi connectivity index (χ1v) is 8.27. The van der Waals surface area contributed by atoms with Gasteiger partial charge in [0.1, 0.15) is 0 Å². The first kappa shape index (κ1) is 17.0. The fourth-order valence-corrected chi connectivity index (χ4v) is 2.70. The molecule has 0 saturated heterocycles. The molecule has 0 radical (unpaired) electrons. The number of carbonyl (C=O) groups excluding carboxylic acids is 2. The molecule has 1 aliphatic rings. The van der Waals surface area contributed by atoms with Gasteiger partial charge in [-0.2, -0.15) is 5.10 Å². The number of rotatable bonds is 4. The van der Waals surface area contributed by atoms with E-state index >= 15 is 0 Å². The Labute approximate surface area is 146 Å². The van der Waals surface area contributed by atoms with Gasteiger partial charge in [-0.05, 0) is 26.0 Å². The molecule has 1 aromatic heterocycles. The Morgan fingerprint density at radius 3 is 2.72 bits per heavy atom. The maximum Gasteiger partial charge on any atom is 0.329 e. The smallest absolute Gasteiger partial charge is 0.329 e. The molecule has 25 heavy (non-hydrogen) atoms. The van der Waals surface area contributed by atoms with Crippen LogP contribution in [0.5, 0.6) is 0 Å². The van der Waals surface area contributed by atoms with Crippen LogP contribution in [0.2, 0.25) is 0 Å². The van der Waals surface area contributed by atoms with E-state index in [1.165, 1.54) is 0 Å². The molecular weight excluding hydrogens is 320 g/mol. The lowest BCUT2D eigenvalue weighted by atomic mass is 10.1. The summed E-state index contributed by atoms with van der Waals surface area (Å²) in [5.74, 6) is 0.289. The minimum Gasteiger partial charge on any atom is -0.335 e. The van der Waals surface area contributed by atoms with Crippen molar-refractivity contribution in [3.05, 3.63) is 47.2 Å². The van der Waals surface area contributed by atoms with Gasteiger partial charge in [0.15, 0.2) is 5.82 Å². The summed E-state index contributed by atoms with van der Waals surface area (Å²) < 4.78 is 0. The van der Waals surface area contributed by atoms with E-state index in [1.54, 1.807) is 12.1 Å². The van der Waals surface area contributed by atoms with Crippen molar-refractivity contribution < 1.29 is 9.59 Å². The molecule has 0 saturated carbocycles. The van der Waals surface area contributed by atoms with Crippen LogP contribution >= 0.6 is 0 Å². The van der Waals surface area contributed by atoms with Gasteiger partial charge in [0.2, 0.25) is 0 Å². The lowest BCUT2D eigenvalue weighted by Crippen LogP contribution is -2.50. The van der Waals surface area contributed by atoms with Gasteiger partial charge in [0, 0.05) is 42.4 Å². The number of hydrazine groups is 1. The van der Waals surface area contributed by atoms with Gasteiger partial charge in [-0.1, -0.05) is 18.2 Å². The average Bonchev–Trinajstić information content (AvgIpc) is 2.97. The van der Waals surface area contributed by atoms with Crippen LogP contribution in [0.25, 0.3) is 0 Å². The number of fused-ring (bicyclic) bond motifs is 1. The number of benzene rings is 1. The third kappa shape index (κ3) is 4.16. The predicted octanol–water partition coefficient (Wildman–Crippen LogP) is 1.64. The third-order valence-corrected chi connectivity index (χ3v) is 3.88. The fraction of sp³-hybridized carbons (Fsp3) is 0.353. The molecule has 3 rings (SSSR count). The van der Waals surface area contributed by atoms with Crippen LogP contribution in [-0.2, 0) is 13.0 Å². The number of aromatic nitrogens is 2. The second-order valence-electron chi connectivity index (χ2n) is 6.26. The Kier molecular flexibility index (Phi) is 4.99. The van der Waals surface area contributed by atoms with Gasteiger partial charge in [-0.3, -0.25) is 15.3 Å². The quantitative estimate of drug-likeness (QED) is 0.678. The van der Waals surface area contributed by atoms with Crippen molar-refractivity contribution in [1.29, 1.82) is 0 Å². The number of aromatic amines is 1. The van der Waals surface area contributed by atoms with Crippen molar-refractivity contribution >= 4 is 17.8 Å². The average molecular weight is 342 g/mol. The van der Waals surface area contributed by atoms with E-state index in [0.29, 0.717) is 30.9 Å². The highest BCUT2D eigenvalue weighted by Crippen LogP contribution is 2.23. The number of urea groups is 1. The Balaban J connectivity index is 1.67. The summed E-state index contributed by atoms with van der Waals surface area (Å²) in [6.45, 7) is 4.96. The third-order valence-electron chi connectivity index (χ3n) is 3.88. The molecule has 3 amide bonds. The highest BCUT2D eigenvalue weighted by Gasteiger charge is 2.24. The summed E-state index contributed by atoms with van der Waals surface area (Å²) in [7, 11) is 0. The zero-order valence-electron chi connectivity index (χ0n) is 14.3. The summed E-state index contributed by atoms with van der Waals surface area (Å²) in [5, 5.41) is 14.6. The molecule has 0 bridgehead atoms. The lowest BCUT2D eigenvalue weighted by molar-refractivity contribution is 0.102. The molecule has 4 N–H and O–H groups in total. The topological polar surface area (TPSA) is 102 Å². The zero-order valence-corrected chi connectivity index (χ0v) is 14.3. The van der Waals surface area contributed by atoms with E-state index in [0.717, 1.165) is 11.3 Å². The van der Waals surface area contributed by atoms with Crippen molar-refractivity contribution in [1.82, 2.24) is 25.9 Å². The van der Waals surface area contributed by atoms with Gasteiger partial charge in [0.05, 0.1) is 0 Å². The Morgan fingerprint density at radius 2 is 2.00 bits per heavy atom. The molecule has 0 atom stereocenters. The Morgan fingerprint density at radius 1 is 1.24 bits per heavy atom. The number of amides is 3. The second kappa shape index (κ2) is 7.35. The monoisotopic (exact) mass is 342 g/mol. The van der Waals surface area contributed by atoms with Crippen LogP contribution in [-0.4, -0.2) is 39.7 Å². The SMILES string of the molecule is CC(C)NC(=O)NN1CCc2[nH]nc(NC(=O)c3ccccc3)c2C1. The number of anilines is 1. The van der Waals surface area contributed by atoms with Crippen LogP contribution in [0.15, 0.2) is 30.3 Å². The minimum atomic E-state index is -0.239. The highest BCUT2D eigenvalue weighted by molar-refractivity contribution is 6.04. The van der Waals surface area contributed by atoms with Gasteiger partial charge in [-0.15, -0.1) is 0 Å². The molecule has 2 heterocycles. The standard InChI is InChI=1S/C17H22N6O2/c1-11(2)18-17(25)22-23-9-8-14-13(10-23)15(21-20-14)19-16(24)12-6-4-3-5-7-12/h3-7,11H,8-10H2,1-2H3,(H2,18,22,25)(H2,19,20,21,24). The van der Waals surface area contributed by atoms with Gasteiger partial charge in [-0.25, -0.2) is 9.80 Å². The number of hydrogen-bond acceptors (Lipinski definition) is 4. The predicted molar refractivity (Wildman–Crippen MR) is 93.9 cm³/mol. The summed E-state index contributed by atoms with van der Waals surface area (Å²) in [4.78, 5) is 24.2. The number of carbonyl (C=O) groups is 2. The van der Waals surface area contributed by atoms with Gasteiger partial charge < -0.3 is 10.6 Å². The molecule has 1 aliphatic heterocycles. The van der Waals surface area contributed by atoms with Crippen molar-refractivity contribution in [3.63, 3.8) is 0 Å². The molecular formula is C17H22N6O2. The largest absolute Gasteiger partial charge is 0.335 e. The van der Waals surface area contributed by atoms with Crippen LogP contribution in [0, 0.1) is 0 Å². The molecule has 132 valence electrons. The number of nitrogens with one attached hydrogen (secondary N) is 4. The van der Waals surface area contributed by atoms with Crippen LogP contribution in [0.1, 0.15) is 35.5 Å². The first-order valence-electron chi connectivity index (χ1n) is 8.27. The maximum atomic E-state index is 12.3. The summed E-state index contributed by atoms with van der Waals surface area (Å²) in [6.07, 6.45) is 0.714. The van der Waals surface area contributed by atoms with Gasteiger partial charge >= 0.3 is 6.03 Å². The Bertz CT molecular complexity index is 756. The second-order valence-corrected chi connectivity index (χ2v) is 6.26. The molecule has 1 aromatic carbocycles. The van der Waals surface area contributed by atoms with Crippen LogP contribution < -0.4 is 16.1 Å². The zero-order chi connectivity index (χ0) is 17.8. The van der Waals surface area contributed by atoms with E-state index in [2.05, 4.69) is 26.3 Å². The normalized spacial score (nSPS) is 14.0. The number of hydrogen-bond donors (Lipinski definition) is 4. The fourth-order valence-electron chi connectivity index (χ4n) is 2.70. The molecule has 0 unspecified atom stereocenters. The van der Waals surface area contributed by atoms with Gasteiger partial charge in [0.25, 0.3) is 5.91 Å². The summed E-state index contributed by atoms with van der Waals surface area (Å²) in [5.41, 5.74) is 5.26. The van der Waals surface area contributed by atoms with Crippen molar-refractivity contribution in [2.75, 3.05) is 11.9 Å². The molecule has 0 fully saturated rings. The molecule has 0 aliphatic carbocycles. The van der Waals surface area contributed by atoms with E-state index in [4.69, 9.17) is 0 Å². The summed E-state index contributed by atoms with van der Waals surface area (Å²) >= 11 is 0. The Hall–Kier alpha value is -2.87. The number of nitrogens with zero attached hydrogens (tertiary/aromatic N) is 2. The van der Waals surface area contributed by atoms with Crippen LogP contribution in [0.4, 0.5) is 10.6 Å². The first-order chi connectivity index (χ1) is 12.0. The van der Waals surface area contributed by atoms with Crippen molar-refractivity contribution in [2.45, 2.75) is 32.9 Å². The van der Waals surface area contributed by atoms with E-state index < -0.39 is 0 Å². The molecule has 8 nitrogen and oxygen atoms in total. The van der Waals surface area contributed by atoms with Crippen molar-refractivity contribution in [3.8, 4) is 0 Å². The van der Waals surface area contributed by atoms with E-state index in [-0.39, 0.29) is 18.0 Å². The number of H-pyrrole nitrogens is 1. The molecule has 8 heteroatoms. The van der Waals surface area contributed by atoms with E-state index in [1.807, 2.05) is 37.1 Å². The minimum absolute atomic E-state index is 0.0648. The summed E-state index contributed by atoms with van der Waals surface area (Å²) in [6, 6.07) is 8.81. The molecule has 0 spiro atoms. The van der Waals surface area contributed by atoms with Crippen molar-refractivity contribution in [2.24, 2.45) is 0 Å². The van der Waals surface area contributed by atoms with E-state index in [9.17, 15) is 9.59 Å².